The van der Waals surface area contributed by atoms with Crippen LogP contribution in [0.5, 0.6) is 0 Å². The van der Waals surface area contributed by atoms with E-state index in [-0.39, 0.29) is 0 Å². The number of hydrogen-bond donors (Lipinski definition) is 0. The van der Waals surface area contributed by atoms with Crippen molar-refractivity contribution in [3.63, 3.8) is 0 Å². The van der Waals surface area contributed by atoms with Crippen LogP contribution in [0.15, 0.2) is 47.5 Å². The van der Waals surface area contributed by atoms with Gasteiger partial charge in [-0.3, -0.25) is 0 Å². The van der Waals surface area contributed by atoms with Gasteiger partial charge >= 0.3 is 0 Å². The Morgan fingerprint density at radius 3 is 0.812 bits per heavy atom. The third kappa shape index (κ3) is 4.83. The van der Waals surface area contributed by atoms with Crippen LogP contribution in [0.4, 0.5) is 0 Å². The summed E-state index contributed by atoms with van der Waals surface area (Å²) in [5, 5.41) is 32.5. The van der Waals surface area contributed by atoms with Crippen LogP contribution in [0, 0.1) is 45.3 Å². The molecular weight excluding hydrogens is 200 g/mol. The fourth-order valence-electron chi connectivity index (χ4n) is 0.659. The Balaban J connectivity index is 0.000000315. The molecule has 74 valence electrons. The quantitative estimate of drug-likeness (QED) is 0.607. The second-order valence-corrected chi connectivity index (χ2v) is 2.35. The maximum Gasteiger partial charge on any atom is 0.158 e. The zero-order chi connectivity index (χ0) is 12.2. The van der Waals surface area contributed by atoms with Crippen molar-refractivity contribution in [3.8, 4) is 24.3 Å². The number of benzene rings is 1. The molecule has 0 spiro atoms. The molecule has 0 unspecified atom stereocenters. The molecule has 4 heteroatoms. The molecule has 0 aliphatic rings. The van der Waals surface area contributed by atoms with Crippen LogP contribution in [0.2, 0.25) is 0 Å². The van der Waals surface area contributed by atoms with E-state index in [0.29, 0.717) is 0 Å². The lowest BCUT2D eigenvalue weighted by Crippen LogP contribution is -1.79. The standard InChI is InChI=1S/C6N4.C6H6/c7-1-5(2-8)6(3-9)4-10;1-2-4-6-5-3-1/h;1-6H. The first-order valence-corrected chi connectivity index (χ1v) is 4.14. The van der Waals surface area contributed by atoms with Gasteiger partial charge in [-0.25, -0.2) is 0 Å². The minimum absolute atomic E-state index is 0.440. The molecule has 0 aromatic heterocycles. The van der Waals surface area contributed by atoms with Gasteiger partial charge in [0.25, 0.3) is 0 Å². The van der Waals surface area contributed by atoms with E-state index >= 15 is 0 Å². The molecule has 0 saturated heterocycles. The first-order chi connectivity index (χ1) is 7.79. The van der Waals surface area contributed by atoms with Crippen molar-refractivity contribution in [2.75, 3.05) is 0 Å². The largest absolute Gasteiger partial charge is 0.192 e. The van der Waals surface area contributed by atoms with Gasteiger partial charge in [0, 0.05) is 0 Å². The summed E-state index contributed by atoms with van der Waals surface area (Å²) >= 11 is 0. The van der Waals surface area contributed by atoms with Crippen molar-refractivity contribution in [3.05, 3.63) is 47.5 Å². The maximum absolute atomic E-state index is 8.13. The highest BCUT2D eigenvalue weighted by molar-refractivity contribution is 5.52. The SMILES string of the molecule is N#CC(C#N)=C(C#N)C#N.c1ccccc1. The summed E-state index contributed by atoms with van der Waals surface area (Å²) in [6, 6.07) is 17.7. The Morgan fingerprint density at radius 2 is 0.688 bits per heavy atom. The molecular formula is C12H6N4. The fraction of sp³-hybridized carbons (Fsp3) is 0. The molecule has 0 aliphatic heterocycles. The molecule has 1 aromatic rings. The molecule has 4 nitrogen and oxygen atoms in total. The van der Waals surface area contributed by atoms with E-state index in [9.17, 15) is 0 Å². The highest BCUT2D eigenvalue weighted by atomic mass is 14.3. The van der Waals surface area contributed by atoms with Gasteiger partial charge in [-0.1, -0.05) is 36.4 Å². The summed E-state index contributed by atoms with van der Waals surface area (Å²) in [4.78, 5) is 0. The van der Waals surface area contributed by atoms with Crippen LogP contribution in [0.25, 0.3) is 0 Å². The molecule has 0 atom stereocenters. The average Bonchev–Trinajstić information content (AvgIpc) is 2.38. The van der Waals surface area contributed by atoms with Gasteiger partial charge in [0.2, 0.25) is 0 Å². The minimum atomic E-state index is -0.440. The molecule has 0 radical (unpaired) electrons. The van der Waals surface area contributed by atoms with Gasteiger partial charge in [-0.15, -0.1) is 0 Å². The van der Waals surface area contributed by atoms with Gasteiger partial charge in [0.15, 0.2) is 11.1 Å². The normalized spacial score (nSPS) is 6.50. The van der Waals surface area contributed by atoms with Crippen molar-refractivity contribution in [2.45, 2.75) is 0 Å². The van der Waals surface area contributed by atoms with Gasteiger partial charge in [0.1, 0.15) is 24.3 Å². The van der Waals surface area contributed by atoms with Crippen LogP contribution in [0.1, 0.15) is 0 Å². The monoisotopic (exact) mass is 206 g/mol. The first-order valence-electron chi connectivity index (χ1n) is 4.14. The summed E-state index contributed by atoms with van der Waals surface area (Å²) < 4.78 is 0. The second kappa shape index (κ2) is 8.52. The third-order valence-corrected chi connectivity index (χ3v) is 1.36. The Morgan fingerprint density at radius 1 is 0.500 bits per heavy atom. The van der Waals surface area contributed by atoms with E-state index in [1.54, 1.807) is 0 Å². The number of rotatable bonds is 0. The molecule has 0 bridgehead atoms. The zero-order valence-corrected chi connectivity index (χ0v) is 8.25. The lowest BCUT2D eigenvalue weighted by atomic mass is 10.2. The van der Waals surface area contributed by atoms with Crippen molar-refractivity contribution >= 4 is 0 Å². The molecule has 1 aromatic carbocycles. The van der Waals surface area contributed by atoms with Gasteiger partial charge in [-0.2, -0.15) is 21.0 Å². The van der Waals surface area contributed by atoms with Crippen molar-refractivity contribution < 1.29 is 0 Å². The summed E-state index contributed by atoms with van der Waals surface area (Å²) in [7, 11) is 0. The summed E-state index contributed by atoms with van der Waals surface area (Å²) in [6.07, 6.45) is 0. The van der Waals surface area contributed by atoms with E-state index in [1.807, 2.05) is 36.4 Å². The molecule has 0 aliphatic carbocycles. The predicted octanol–water partition coefficient (Wildman–Crippen LogP) is 2.06. The summed E-state index contributed by atoms with van der Waals surface area (Å²) in [6.45, 7) is 0. The topological polar surface area (TPSA) is 95.2 Å². The molecule has 0 saturated carbocycles. The molecule has 0 N–H and O–H groups in total. The van der Waals surface area contributed by atoms with Crippen LogP contribution in [-0.4, -0.2) is 0 Å². The van der Waals surface area contributed by atoms with E-state index < -0.39 is 11.1 Å². The number of allylic oxidation sites excluding steroid dienone is 2. The first kappa shape index (κ1) is 12.9. The predicted molar refractivity (Wildman–Crippen MR) is 55.9 cm³/mol. The van der Waals surface area contributed by atoms with Gasteiger partial charge in [-0.05, 0) is 0 Å². The molecule has 0 amide bonds. The third-order valence-electron chi connectivity index (χ3n) is 1.36. The summed E-state index contributed by atoms with van der Waals surface area (Å²) in [5.74, 6) is 0. The molecule has 16 heavy (non-hydrogen) atoms. The van der Waals surface area contributed by atoms with E-state index in [2.05, 4.69) is 0 Å². The molecule has 1 rings (SSSR count). The minimum Gasteiger partial charge on any atom is -0.192 e. The van der Waals surface area contributed by atoms with Crippen LogP contribution in [0.3, 0.4) is 0 Å². The maximum atomic E-state index is 8.13. The molecule has 0 fully saturated rings. The lowest BCUT2D eigenvalue weighted by molar-refractivity contribution is 1.41. The van der Waals surface area contributed by atoms with E-state index in [0.717, 1.165) is 0 Å². The number of nitrogens with zero attached hydrogens (tertiary/aromatic N) is 4. The Bertz CT molecular complexity index is 423. The molecule has 0 heterocycles. The smallest absolute Gasteiger partial charge is 0.158 e. The van der Waals surface area contributed by atoms with Gasteiger partial charge < -0.3 is 0 Å². The Kier molecular flexibility index (Phi) is 6.88. The van der Waals surface area contributed by atoms with Crippen LogP contribution < -0.4 is 0 Å². The summed E-state index contributed by atoms with van der Waals surface area (Å²) in [5.41, 5.74) is -0.880. The zero-order valence-electron chi connectivity index (χ0n) is 8.25. The Hall–Kier alpha value is -3.08. The average molecular weight is 206 g/mol. The lowest BCUT2D eigenvalue weighted by Gasteiger charge is -1.76. The van der Waals surface area contributed by atoms with Crippen molar-refractivity contribution in [1.82, 2.24) is 0 Å². The van der Waals surface area contributed by atoms with Crippen molar-refractivity contribution in [1.29, 1.82) is 21.0 Å². The highest BCUT2D eigenvalue weighted by Gasteiger charge is 2.01. The highest BCUT2D eigenvalue weighted by Crippen LogP contribution is 1.98. The second-order valence-electron chi connectivity index (χ2n) is 2.35. The van der Waals surface area contributed by atoms with Gasteiger partial charge in [0.05, 0.1) is 0 Å². The van der Waals surface area contributed by atoms with E-state index in [4.69, 9.17) is 21.0 Å². The van der Waals surface area contributed by atoms with Crippen LogP contribution in [-0.2, 0) is 0 Å². The Labute approximate surface area is 93.5 Å². The van der Waals surface area contributed by atoms with E-state index in [1.165, 1.54) is 24.3 Å². The fourth-order valence-corrected chi connectivity index (χ4v) is 0.659. The van der Waals surface area contributed by atoms with Crippen LogP contribution >= 0.6 is 0 Å². The number of hydrogen-bond acceptors (Lipinski definition) is 4. The van der Waals surface area contributed by atoms with Crippen molar-refractivity contribution in [2.24, 2.45) is 0 Å². The number of nitriles is 4.